The summed E-state index contributed by atoms with van der Waals surface area (Å²) < 4.78 is 5.22. The molecule has 5 nitrogen and oxygen atoms in total. The van der Waals surface area contributed by atoms with Gasteiger partial charge in [0.2, 0.25) is 0 Å². The monoisotopic (exact) mass is 283 g/mol. The summed E-state index contributed by atoms with van der Waals surface area (Å²) in [6.07, 6.45) is 2.82. The third-order valence-electron chi connectivity index (χ3n) is 4.70. The zero-order chi connectivity index (χ0) is 14.6. The van der Waals surface area contributed by atoms with E-state index in [1.165, 1.54) is 6.42 Å². The molecule has 2 heterocycles. The van der Waals surface area contributed by atoms with Gasteiger partial charge in [0, 0.05) is 38.3 Å². The normalized spacial score (nSPS) is 30.4. The molecule has 1 unspecified atom stereocenters. The van der Waals surface area contributed by atoms with E-state index >= 15 is 0 Å². The Balaban J connectivity index is 2.08. The van der Waals surface area contributed by atoms with Crippen LogP contribution in [-0.4, -0.2) is 86.2 Å². The lowest BCUT2D eigenvalue weighted by Crippen LogP contribution is -2.63. The van der Waals surface area contributed by atoms with E-state index in [0.717, 1.165) is 45.7 Å². The van der Waals surface area contributed by atoms with Crippen molar-refractivity contribution >= 4 is 5.97 Å². The van der Waals surface area contributed by atoms with Crippen LogP contribution in [0.1, 0.15) is 26.2 Å². The van der Waals surface area contributed by atoms with Crippen molar-refractivity contribution in [3.8, 4) is 0 Å². The first-order valence-corrected chi connectivity index (χ1v) is 7.83. The maximum absolute atomic E-state index is 12.1. The predicted octanol–water partition coefficient (Wildman–Crippen LogP) is 0.651. The highest BCUT2D eigenvalue weighted by atomic mass is 16.5. The smallest absolute Gasteiger partial charge is 0.307 e. The molecule has 0 radical (unpaired) electrons. The van der Waals surface area contributed by atoms with Crippen molar-refractivity contribution in [3.05, 3.63) is 0 Å². The van der Waals surface area contributed by atoms with E-state index in [1.54, 1.807) is 0 Å². The number of hydrogen-bond acceptors (Lipinski definition) is 5. The van der Waals surface area contributed by atoms with E-state index in [9.17, 15) is 4.79 Å². The molecule has 0 aromatic heterocycles. The third kappa shape index (κ3) is 3.71. The number of piperazine rings is 1. The van der Waals surface area contributed by atoms with Crippen LogP contribution in [0, 0.1) is 0 Å². The summed E-state index contributed by atoms with van der Waals surface area (Å²) in [6, 6.07) is 0. The van der Waals surface area contributed by atoms with Gasteiger partial charge in [-0.05, 0) is 40.4 Å². The second-order valence-electron chi connectivity index (χ2n) is 6.34. The molecule has 1 atom stereocenters. The summed E-state index contributed by atoms with van der Waals surface area (Å²) in [5.41, 5.74) is -0.0134. The van der Waals surface area contributed by atoms with E-state index in [0.29, 0.717) is 13.0 Å². The lowest BCUT2D eigenvalue weighted by molar-refractivity contribution is -0.148. The van der Waals surface area contributed by atoms with Crippen LogP contribution in [0.25, 0.3) is 0 Å². The van der Waals surface area contributed by atoms with Crippen molar-refractivity contribution < 1.29 is 9.53 Å². The topological polar surface area (TPSA) is 36.0 Å². The number of rotatable bonds is 4. The Hall–Kier alpha value is -0.650. The van der Waals surface area contributed by atoms with Crippen molar-refractivity contribution in [3.63, 3.8) is 0 Å². The molecule has 2 aliphatic heterocycles. The number of likely N-dealkylation sites (tertiary alicyclic amines) is 1. The van der Waals surface area contributed by atoms with E-state index in [-0.39, 0.29) is 11.5 Å². The molecule has 0 aromatic carbocycles. The van der Waals surface area contributed by atoms with Gasteiger partial charge in [-0.15, -0.1) is 0 Å². The van der Waals surface area contributed by atoms with Crippen molar-refractivity contribution in [2.75, 3.05) is 60.0 Å². The van der Waals surface area contributed by atoms with Crippen LogP contribution in [0.5, 0.6) is 0 Å². The Labute approximate surface area is 122 Å². The Kier molecular flexibility index (Phi) is 5.41. The lowest BCUT2D eigenvalue weighted by Gasteiger charge is -2.51. The summed E-state index contributed by atoms with van der Waals surface area (Å²) in [6.45, 7) is 8.78. The minimum Gasteiger partial charge on any atom is -0.466 e. The molecule has 0 saturated carbocycles. The molecular formula is C15H29N3O2. The third-order valence-corrected chi connectivity index (χ3v) is 4.70. The Morgan fingerprint density at radius 1 is 1.10 bits per heavy atom. The molecule has 0 spiro atoms. The molecule has 0 bridgehead atoms. The number of likely N-dealkylation sites (N-methyl/N-ethyl adjacent to an activating group) is 2. The zero-order valence-electron chi connectivity index (χ0n) is 13.2. The Morgan fingerprint density at radius 3 is 2.40 bits per heavy atom. The highest BCUT2D eigenvalue weighted by Crippen LogP contribution is 2.31. The highest BCUT2D eigenvalue weighted by Gasteiger charge is 2.42. The van der Waals surface area contributed by atoms with Gasteiger partial charge in [0.1, 0.15) is 0 Å². The van der Waals surface area contributed by atoms with Gasteiger partial charge in [0.25, 0.3) is 0 Å². The van der Waals surface area contributed by atoms with E-state index in [1.807, 2.05) is 6.92 Å². The molecule has 116 valence electrons. The van der Waals surface area contributed by atoms with E-state index in [2.05, 4.69) is 28.8 Å². The average Bonchev–Trinajstić information content (AvgIpc) is 2.39. The number of hydrogen-bond donors (Lipinski definition) is 0. The number of carbonyl (C=O) groups excluding carboxylic acids is 1. The van der Waals surface area contributed by atoms with Gasteiger partial charge in [0.05, 0.1) is 13.0 Å². The zero-order valence-corrected chi connectivity index (χ0v) is 13.2. The fourth-order valence-corrected chi connectivity index (χ4v) is 3.61. The van der Waals surface area contributed by atoms with Crippen LogP contribution in [0.15, 0.2) is 0 Å². The molecule has 2 rings (SSSR count). The first kappa shape index (κ1) is 15.7. The Bertz CT molecular complexity index is 329. The van der Waals surface area contributed by atoms with Gasteiger partial charge in [-0.25, -0.2) is 0 Å². The molecule has 0 amide bonds. The maximum atomic E-state index is 12.1. The Morgan fingerprint density at radius 2 is 1.80 bits per heavy atom. The first-order valence-electron chi connectivity index (χ1n) is 7.83. The standard InChI is InChI=1S/C15H29N3O2/c1-4-20-14(19)12-15(6-5-7-17(3)13-15)18-10-8-16(2)9-11-18/h4-13H2,1-3H3. The van der Waals surface area contributed by atoms with Crippen LogP contribution in [0.4, 0.5) is 0 Å². The number of piperidine rings is 1. The highest BCUT2D eigenvalue weighted by molar-refractivity contribution is 5.71. The van der Waals surface area contributed by atoms with E-state index < -0.39 is 0 Å². The molecule has 0 aliphatic carbocycles. The number of esters is 1. The lowest BCUT2D eigenvalue weighted by atomic mass is 9.83. The number of carbonyl (C=O) groups is 1. The van der Waals surface area contributed by atoms with E-state index in [4.69, 9.17) is 4.74 Å². The first-order chi connectivity index (χ1) is 9.55. The van der Waals surface area contributed by atoms with Gasteiger partial charge in [-0.2, -0.15) is 0 Å². The largest absolute Gasteiger partial charge is 0.466 e. The number of nitrogens with zero attached hydrogens (tertiary/aromatic N) is 3. The molecule has 2 saturated heterocycles. The van der Waals surface area contributed by atoms with Crippen LogP contribution < -0.4 is 0 Å². The molecule has 0 aromatic rings. The molecule has 0 N–H and O–H groups in total. The quantitative estimate of drug-likeness (QED) is 0.708. The van der Waals surface area contributed by atoms with Crippen molar-refractivity contribution in [1.29, 1.82) is 0 Å². The fraction of sp³-hybridized carbons (Fsp3) is 0.933. The van der Waals surface area contributed by atoms with Gasteiger partial charge >= 0.3 is 5.97 Å². The second kappa shape index (κ2) is 6.87. The summed E-state index contributed by atoms with van der Waals surface area (Å²) in [4.78, 5) is 19.3. The van der Waals surface area contributed by atoms with Gasteiger partial charge in [0.15, 0.2) is 0 Å². The van der Waals surface area contributed by atoms with Crippen LogP contribution >= 0.6 is 0 Å². The summed E-state index contributed by atoms with van der Waals surface area (Å²) in [7, 11) is 4.33. The molecule has 5 heteroatoms. The summed E-state index contributed by atoms with van der Waals surface area (Å²) in [5, 5.41) is 0. The van der Waals surface area contributed by atoms with Crippen LogP contribution in [0.2, 0.25) is 0 Å². The number of ether oxygens (including phenoxy) is 1. The van der Waals surface area contributed by atoms with Crippen LogP contribution in [-0.2, 0) is 9.53 Å². The van der Waals surface area contributed by atoms with Crippen LogP contribution in [0.3, 0.4) is 0 Å². The summed E-state index contributed by atoms with van der Waals surface area (Å²) >= 11 is 0. The maximum Gasteiger partial charge on any atom is 0.307 e. The molecule has 2 fully saturated rings. The molecule has 2 aliphatic rings. The predicted molar refractivity (Wildman–Crippen MR) is 79.8 cm³/mol. The van der Waals surface area contributed by atoms with Crippen molar-refractivity contribution in [2.24, 2.45) is 0 Å². The van der Waals surface area contributed by atoms with Gasteiger partial charge < -0.3 is 14.5 Å². The second-order valence-corrected chi connectivity index (χ2v) is 6.34. The van der Waals surface area contributed by atoms with Gasteiger partial charge in [-0.1, -0.05) is 0 Å². The molecule has 20 heavy (non-hydrogen) atoms. The minimum atomic E-state index is -0.0401. The van der Waals surface area contributed by atoms with Gasteiger partial charge in [-0.3, -0.25) is 9.69 Å². The SMILES string of the molecule is CCOC(=O)CC1(N2CCN(C)CC2)CCCN(C)C1. The molecular weight excluding hydrogens is 254 g/mol. The minimum absolute atomic E-state index is 0.0134. The summed E-state index contributed by atoms with van der Waals surface area (Å²) in [5.74, 6) is -0.0401. The fourth-order valence-electron chi connectivity index (χ4n) is 3.61. The van der Waals surface area contributed by atoms with Crippen molar-refractivity contribution in [2.45, 2.75) is 31.7 Å². The average molecular weight is 283 g/mol. The van der Waals surface area contributed by atoms with Crippen molar-refractivity contribution in [1.82, 2.24) is 14.7 Å².